The van der Waals surface area contributed by atoms with E-state index in [1.165, 1.54) is 25.3 Å². The average Bonchev–Trinajstić information content (AvgIpc) is 2.17. The van der Waals surface area contributed by atoms with Crippen molar-refractivity contribution in [3.05, 3.63) is 23.8 Å². The highest BCUT2D eigenvalue weighted by atomic mass is 16.3. The molecule has 3 heteroatoms. The molecule has 0 spiro atoms. The molecule has 0 aromatic heterocycles. The average molecular weight is 207 g/mol. The van der Waals surface area contributed by atoms with Crippen LogP contribution in [0.1, 0.15) is 31.7 Å². The minimum Gasteiger partial charge on any atom is -0.504 e. The summed E-state index contributed by atoms with van der Waals surface area (Å²) in [5.74, 6) is -0.0546. The zero-order valence-corrected chi connectivity index (χ0v) is 8.95. The lowest BCUT2D eigenvalue weighted by molar-refractivity contribution is 0.206. The normalized spacial score (nSPS) is 18.5. The Labute approximate surface area is 89.8 Å². The minimum atomic E-state index is -0.0481. The number of hydrogen-bond donors (Lipinski definition) is 3. The Balaban J connectivity index is 2.01. The highest BCUT2D eigenvalue weighted by Gasteiger charge is 2.30. The monoisotopic (exact) mass is 207 g/mol. The standard InChI is InChI=1S/C12H17NO2/c1-12(6-3-7-12)13-8-9-4-2-5-10(14)11(9)15/h2,4-5,13-15H,3,6-8H2,1H3. The van der Waals surface area contributed by atoms with Gasteiger partial charge in [0, 0.05) is 17.6 Å². The van der Waals surface area contributed by atoms with Gasteiger partial charge in [-0.15, -0.1) is 0 Å². The predicted octanol–water partition coefficient (Wildman–Crippen LogP) is 2.13. The second-order valence-corrected chi connectivity index (χ2v) is 4.55. The first-order valence-corrected chi connectivity index (χ1v) is 5.36. The Bertz CT molecular complexity index is 359. The van der Waals surface area contributed by atoms with E-state index in [2.05, 4.69) is 12.2 Å². The molecule has 1 saturated carbocycles. The summed E-state index contributed by atoms with van der Waals surface area (Å²) in [6, 6.07) is 5.06. The van der Waals surface area contributed by atoms with Crippen LogP contribution in [0.2, 0.25) is 0 Å². The molecule has 0 unspecified atom stereocenters. The molecule has 0 heterocycles. The van der Waals surface area contributed by atoms with E-state index >= 15 is 0 Å². The third kappa shape index (κ3) is 2.07. The number of nitrogens with one attached hydrogen (secondary N) is 1. The Morgan fingerprint density at radius 3 is 2.67 bits per heavy atom. The molecule has 15 heavy (non-hydrogen) atoms. The fraction of sp³-hybridized carbons (Fsp3) is 0.500. The van der Waals surface area contributed by atoms with E-state index < -0.39 is 0 Å². The zero-order valence-electron chi connectivity index (χ0n) is 8.95. The van der Waals surface area contributed by atoms with Crippen molar-refractivity contribution in [3.8, 4) is 11.5 Å². The molecule has 2 rings (SSSR count). The van der Waals surface area contributed by atoms with Gasteiger partial charge in [-0.3, -0.25) is 0 Å². The first kappa shape index (κ1) is 10.3. The van der Waals surface area contributed by atoms with Gasteiger partial charge in [0.05, 0.1) is 0 Å². The Kier molecular flexibility index (Phi) is 2.57. The summed E-state index contributed by atoms with van der Waals surface area (Å²) in [4.78, 5) is 0. The van der Waals surface area contributed by atoms with Crippen LogP contribution in [-0.2, 0) is 6.54 Å². The first-order chi connectivity index (χ1) is 7.11. The molecule has 0 bridgehead atoms. The number of benzene rings is 1. The maximum atomic E-state index is 9.60. The van der Waals surface area contributed by atoms with Gasteiger partial charge in [-0.2, -0.15) is 0 Å². The van der Waals surface area contributed by atoms with E-state index in [1.54, 1.807) is 6.07 Å². The van der Waals surface area contributed by atoms with Crippen LogP contribution in [-0.4, -0.2) is 15.8 Å². The smallest absolute Gasteiger partial charge is 0.161 e. The number of para-hydroxylation sites is 1. The van der Waals surface area contributed by atoms with Crippen molar-refractivity contribution in [3.63, 3.8) is 0 Å². The quantitative estimate of drug-likeness (QED) is 0.665. The summed E-state index contributed by atoms with van der Waals surface area (Å²) in [6.45, 7) is 2.80. The molecule has 1 aliphatic rings. The highest BCUT2D eigenvalue weighted by molar-refractivity contribution is 5.44. The van der Waals surface area contributed by atoms with Crippen molar-refractivity contribution in [2.24, 2.45) is 0 Å². The lowest BCUT2D eigenvalue weighted by Crippen LogP contribution is -2.47. The van der Waals surface area contributed by atoms with E-state index in [0.29, 0.717) is 6.54 Å². The fourth-order valence-corrected chi connectivity index (χ4v) is 1.91. The summed E-state index contributed by atoms with van der Waals surface area (Å²) in [5, 5.41) is 22.3. The summed E-state index contributed by atoms with van der Waals surface area (Å²) < 4.78 is 0. The van der Waals surface area contributed by atoms with Gasteiger partial charge in [-0.1, -0.05) is 12.1 Å². The molecule has 1 aromatic carbocycles. The summed E-state index contributed by atoms with van der Waals surface area (Å²) in [7, 11) is 0. The van der Waals surface area contributed by atoms with Gasteiger partial charge in [-0.05, 0) is 32.3 Å². The summed E-state index contributed by atoms with van der Waals surface area (Å²) >= 11 is 0. The van der Waals surface area contributed by atoms with E-state index in [9.17, 15) is 10.2 Å². The second-order valence-electron chi connectivity index (χ2n) is 4.55. The van der Waals surface area contributed by atoms with Crippen molar-refractivity contribution < 1.29 is 10.2 Å². The molecular weight excluding hydrogens is 190 g/mol. The van der Waals surface area contributed by atoms with Gasteiger partial charge in [-0.25, -0.2) is 0 Å². The summed E-state index contributed by atoms with van der Waals surface area (Å²) in [6.07, 6.45) is 3.65. The molecule has 0 saturated heterocycles. The SMILES string of the molecule is CC1(NCc2cccc(O)c2O)CCC1. The molecule has 3 N–H and O–H groups in total. The molecule has 0 aliphatic heterocycles. The van der Waals surface area contributed by atoms with E-state index in [1.807, 2.05) is 6.07 Å². The number of hydrogen-bond acceptors (Lipinski definition) is 3. The van der Waals surface area contributed by atoms with Gasteiger partial charge in [0.15, 0.2) is 11.5 Å². The van der Waals surface area contributed by atoms with Gasteiger partial charge in [0.25, 0.3) is 0 Å². The molecule has 0 atom stereocenters. The first-order valence-electron chi connectivity index (χ1n) is 5.36. The molecule has 82 valence electrons. The maximum absolute atomic E-state index is 9.60. The predicted molar refractivity (Wildman–Crippen MR) is 58.9 cm³/mol. The van der Waals surface area contributed by atoms with Crippen molar-refractivity contribution >= 4 is 0 Å². The van der Waals surface area contributed by atoms with Gasteiger partial charge >= 0.3 is 0 Å². The third-order valence-electron chi connectivity index (χ3n) is 3.26. The van der Waals surface area contributed by atoms with E-state index in [-0.39, 0.29) is 17.0 Å². The van der Waals surface area contributed by atoms with Crippen LogP contribution in [0, 0.1) is 0 Å². The van der Waals surface area contributed by atoms with Gasteiger partial charge in [0.1, 0.15) is 0 Å². The lowest BCUT2D eigenvalue weighted by Gasteiger charge is -2.39. The lowest BCUT2D eigenvalue weighted by atomic mass is 9.78. The van der Waals surface area contributed by atoms with E-state index in [4.69, 9.17) is 0 Å². The maximum Gasteiger partial charge on any atom is 0.161 e. The highest BCUT2D eigenvalue weighted by Crippen LogP contribution is 2.33. The molecule has 1 fully saturated rings. The third-order valence-corrected chi connectivity index (χ3v) is 3.26. The van der Waals surface area contributed by atoms with Gasteiger partial charge < -0.3 is 15.5 Å². The molecule has 0 radical (unpaired) electrons. The zero-order chi connectivity index (χ0) is 10.9. The van der Waals surface area contributed by atoms with Crippen LogP contribution in [0.25, 0.3) is 0 Å². The van der Waals surface area contributed by atoms with Crippen LogP contribution in [0.5, 0.6) is 11.5 Å². The van der Waals surface area contributed by atoms with Crippen molar-refractivity contribution in [1.29, 1.82) is 0 Å². The summed E-state index contributed by atoms with van der Waals surface area (Å²) in [5.41, 5.74) is 0.973. The number of phenols is 2. The molecule has 1 aromatic rings. The molecule has 0 amide bonds. The van der Waals surface area contributed by atoms with Crippen molar-refractivity contribution in [1.82, 2.24) is 5.32 Å². The number of phenolic OH excluding ortho intramolecular Hbond substituents is 2. The Morgan fingerprint density at radius 2 is 2.07 bits per heavy atom. The van der Waals surface area contributed by atoms with Crippen LogP contribution < -0.4 is 5.32 Å². The van der Waals surface area contributed by atoms with Crippen LogP contribution >= 0.6 is 0 Å². The molecule has 1 aliphatic carbocycles. The van der Waals surface area contributed by atoms with Gasteiger partial charge in [0.2, 0.25) is 0 Å². The number of aromatic hydroxyl groups is 2. The Hall–Kier alpha value is -1.22. The number of rotatable bonds is 3. The topological polar surface area (TPSA) is 52.5 Å². The molecular formula is C12H17NO2. The largest absolute Gasteiger partial charge is 0.504 e. The van der Waals surface area contributed by atoms with Crippen molar-refractivity contribution in [2.75, 3.05) is 0 Å². The minimum absolute atomic E-state index is 0.00655. The van der Waals surface area contributed by atoms with Crippen molar-refractivity contribution in [2.45, 2.75) is 38.3 Å². The fourth-order valence-electron chi connectivity index (χ4n) is 1.91. The van der Waals surface area contributed by atoms with Crippen LogP contribution in [0.4, 0.5) is 0 Å². The van der Waals surface area contributed by atoms with Crippen LogP contribution in [0.15, 0.2) is 18.2 Å². The van der Waals surface area contributed by atoms with E-state index in [0.717, 1.165) is 5.56 Å². The Morgan fingerprint density at radius 1 is 1.33 bits per heavy atom. The second kappa shape index (κ2) is 3.74. The molecule has 3 nitrogen and oxygen atoms in total. The van der Waals surface area contributed by atoms with Crippen LogP contribution in [0.3, 0.4) is 0 Å².